The Morgan fingerprint density at radius 3 is 2.14 bits per heavy atom. The van der Waals surface area contributed by atoms with Gasteiger partial charge in [0.05, 0.1) is 0 Å². The predicted molar refractivity (Wildman–Crippen MR) is 28.2 cm³/mol. The summed E-state index contributed by atoms with van der Waals surface area (Å²) in [5.74, 6) is 0.667. The van der Waals surface area contributed by atoms with E-state index >= 15 is 0 Å². The average Bonchev–Trinajstić information content (AvgIpc) is 1.61. The number of halogens is 1. The van der Waals surface area contributed by atoms with Crippen LogP contribution in [0.5, 0.6) is 0 Å². The molecule has 0 rings (SSSR count). The van der Waals surface area contributed by atoms with Gasteiger partial charge < -0.3 is 6.53 Å². The summed E-state index contributed by atoms with van der Waals surface area (Å²) < 4.78 is 0. The number of alkyl halides is 1. The Hall–Kier alpha value is 1.89. The molecule has 0 radical (unpaired) electrons. The van der Waals surface area contributed by atoms with Crippen LogP contribution in [0.4, 0.5) is 0 Å². The van der Waals surface area contributed by atoms with E-state index in [-0.39, 0.29) is 59.4 Å². The fraction of sp³-hybridized carbons (Fsp3) is 1.00. The van der Waals surface area contributed by atoms with Crippen molar-refractivity contribution in [3.63, 3.8) is 0 Å². The van der Waals surface area contributed by atoms with Crippen LogP contribution in [0.25, 0.3) is 0 Å². The molecule has 0 atom stereocenters. The number of unbranched alkanes of at least 4 members (excludes halogenated alkanes) is 1. The molecule has 7 heavy (non-hydrogen) atoms. The first-order valence-electron chi connectivity index (χ1n) is 2.08. The number of hydrogen-bond acceptors (Lipinski definition) is 1. The summed E-state index contributed by atoms with van der Waals surface area (Å²) in [5, 5.41) is 8.14. The summed E-state index contributed by atoms with van der Waals surface area (Å²) in [6, 6.07) is 0. The zero-order chi connectivity index (χ0) is 4.83. The van der Waals surface area contributed by atoms with Crippen LogP contribution in [0.1, 0.15) is 14.3 Å². The van der Waals surface area contributed by atoms with E-state index in [1.807, 2.05) is 0 Å². The predicted octanol–water partition coefficient (Wildman–Crippen LogP) is -1.89. The van der Waals surface area contributed by atoms with Crippen LogP contribution in [0.2, 0.25) is 0 Å². The van der Waals surface area contributed by atoms with Crippen LogP contribution in [0.15, 0.2) is 0 Å². The summed E-state index contributed by atoms with van der Waals surface area (Å²) in [5.41, 5.74) is 0. The van der Waals surface area contributed by atoms with Gasteiger partial charge >= 0.3 is 51.4 Å². The maximum absolute atomic E-state index is 8.14. The molecule has 0 fully saturated rings. The molecule has 0 aliphatic rings. The van der Waals surface area contributed by atoms with Crippen molar-refractivity contribution in [3.8, 4) is 0 Å². The molecule has 40 valence electrons. The third-order valence-electron chi connectivity index (χ3n) is 0.542. The van der Waals surface area contributed by atoms with Crippen LogP contribution in [0, 0.1) is 0 Å². The summed E-state index contributed by atoms with van der Waals surface area (Å²) in [6.07, 6.45) is 1.77. The molecule has 0 bridgehead atoms. The Kier molecular flexibility index (Phi) is 18.0. The molecule has 0 aliphatic carbocycles. The van der Waals surface area contributed by atoms with Gasteiger partial charge in [-0.05, 0) is 12.8 Å². The third-order valence-corrected chi connectivity index (χ3v) is 0.809. The second-order valence-electron chi connectivity index (χ2n) is 1.12. The first-order valence-corrected chi connectivity index (χ1v) is 2.62. The van der Waals surface area contributed by atoms with Gasteiger partial charge in [-0.2, -0.15) is 0 Å². The molecule has 3 heteroatoms. The maximum Gasteiger partial charge on any atom is 1.00 e. The normalized spacial score (nSPS) is 7.71. The Morgan fingerprint density at radius 1 is 1.43 bits per heavy atom. The van der Waals surface area contributed by atoms with E-state index in [4.69, 9.17) is 16.7 Å². The topological polar surface area (TPSA) is 20.2 Å². The maximum atomic E-state index is 8.14. The fourth-order valence-corrected chi connectivity index (χ4v) is 0.395. The van der Waals surface area contributed by atoms with Gasteiger partial charge in [-0.1, -0.05) is 0 Å². The van der Waals surface area contributed by atoms with E-state index in [0.29, 0.717) is 5.88 Å². The molecule has 0 saturated heterocycles. The van der Waals surface area contributed by atoms with Crippen molar-refractivity contribution >= 4 is 11.6 Å². The van der Waals surface area contributed by atoms with Gasteiger partial charge in [-0.3, -0.25) is 0 Å². The van der Waals surface area contributed by atoms with E-state index in [1.165, 1.54) is 0 Å². The van der Waals surface area contributed by atoms with Gasteiger partial charge in [0, 0.05) is 12.5 Å². The SMILES string of the molecule is OCCCCCl.[H-].[K+]. The first-order chi connectivity index (χ1) is 2.91. The summed E-state index contributed by atoms with van der Waals surface area (Å²) in [4.78, 5) is 0. The molecule has 0 aliphatic heterocycles. The van der Waals surface area contributed by atoms with Gasteiger partial charge in [0.1, 0.15) is 0 Å². The van der Waals surface area contributed by atoms with Crippen molar-refractivity contribution in [3.05, 3.63) is 0 Å². The summed E-state index contributed by atoms with van der Waals surface area (Å²) in [7, 11) is 0. The monoisotopic (exact) mass is 148 g/mol. The molecule has 0 heterocycles. The van der Waals surface area contributed by atoms with Crippen LogP contribution in [0.3, 0.4) is 0 Å². The van der Waals surface area contributed by atoms with E-state index in [9.17, 15) is 0 Å². The standard InChI is InChI=1S/C4H9ClO.K.H/c5-3-1-2-4-6;;/h6H,1-4H2;;/q;+1;-1. The van der Waals surface area contributed by atoms with Crippen molar-refractivity contribution in [2.24, 2.45) is 0 Å². The minimum atomic E-state index is 0. The quantitative estimate of drug-likeness (QED) is 0.282. The fourth-order valence-electron chi connectivity index (χ4n) is 0.206. The second-order valence-corrected chi connectivity index (χ2v) is 1.50. The van der Waals surface area contributed by atoms with Crippen LogP contribution in [-0.4, -0.2) is 17.6 Å². The van der Waals surface area contributed by atoms with Crippen LogP contribution >= 0.6 is 11.6 Å². The zero-order valence-electron chi connectivity index (χ0n) is 5.65. The Labute approximate surface area is 93.3 Å². The van der Waals surface area contributed by atoms with Gasteiger partial charge in [0.15, 0.2) is 0 Å². The van der Waals surface area contributed by atoms with Crippen molar-refractivity contribution in [2.75, 3.05) is 12.5 Å². The van der Waals surface area contributed by atoms with Crippen LogP contribution in [-0.2, 0) is 0 Å². The molecule has 1 N–H and O–H groups in total. The summed E-state index contributed by atoms with van der Waals surface area (Å²) in [6.45, 7) is 0.271. The minimum absolute atomic E-state index is 0. The van der Waals surface area contributed by atoms with Crippen molar-refractivity contribution in [1.29, 1.82) is 0 Å². The number of aliphatic hydroxyl groups excluding tert-OH is 1. The second kappa shape index (κ2) is 10.8. The Bertz CT molecular complexity index is 28.0. The summed E-state index contributed by atoms with van der Waals surface area (Å²) >= 11 is 5.27. The molecular formula is C4H10ClKO. The largest absolute Gasteiger partial charge is 1.00 e. The minimum Gasteiger partial charge on any atom is -1.00 e. The van der Waals surface area contributed by atoms with Gasteiger partial charge in [-0.25, -0.2) is 0 Å². The molecule has 0 amide bonds. The number of hydrogen-bond donors (Lipinski definition) is 1. The smallest absolute Gasteiger partial charge is 1.00 e. The van der Waals surface area contributed by atoms with Crippen molar-refractivity contribution in [1.82, 2.24) is 0 Å². The van der Waals surface area contributed by atoms with Gasteiger partial charge in [0.25, 0.3) is 0 Å². The molecule has 0 saturated carbocycles. The van der Waals surface area contributed by atoms with Gasteiger partial charge in [-0.15, -0.1) is 11.6 Å². The van der Waals surface area contributed by atoms with Gasteiger partial charge in [0.2, 0.25) is 0 Å². The molecular weight excluding hydrogens is 139 g/mol. The number of aliphatic hydroxyl groups is 1. The molecule has 0 aromatic heterocycles. The van der Waals surface area contributed by atoms with E-state index in [1.54, 1.807) is 0 Å². The molecule has 0 spiro atoms. The van der Waals surface area contributed by atoms with Crippen LogP contribution < -0.4 is 51.4 Å². The Balaban J connectivity index is -0.000000125. The average molecular weight is 149 g/mol. The van der Waals surface area contributed by atoms with E-state index in [0.717, 1.165) is 12.8 Å². The molecule has 0 aromatic carbocycles. The van der Waals surface area contributed by atoms with E-state index in [2.05, 4.69) is 0 Å². The first kappa shape index (κ1) is 11.7. The van der Waals surface area contributed by atoms with E-state index < -0.39 is 0 Å². The number of rotatable bonds is 3. The zero-order valence-corrected chi connectivity index (χ0v) is 8.53. The molecule has 0 aromatic rings. The van der Waals surface area contributed by atoms with Crippen molar-refractivity contribution in [2.45, 2.75) is 12.8 Å². The molecule has 1 nitrogen and oxygen atoms in total. The van der Waals surface area contributed by atoms with Crippen molar-refractivity contribution < 1.29 is 57.9 Å². The molecule has 0 unspecified atom stereocenters. The third kappa shape index (κ3) is 11.4. The Morgan fingerprint density at radius 2 is 2.00 bits per heavy atom.